The molecule has 3 rings (SSSR count). The Morgan fingerprint density at radius 1 is 0.879 bits per heavy atom. The second kappa shape index (κ2) is 11.0. The van der Waals surface area contributed by atoms with Gasteiger partial charge < -0.3 is 14.8 Å². The number of hydrogen-bond acceptors (Lipinski definition) is 5. The monoisotopic (exact) mass is 468 g/mol. The van der Waals surface area contributed by atoms with E-state index in [1.54, 1.807) is 36.4 Å². The first-order chi connectivity index (χ1) is 15.8. The minimum atomic E-state index is -3.92. The van der Waals surface area contributed by atoms with Gasteiger partial charge in [0.2, 0.25) is 15.9 Å². The van der Waals surface area contributed by atoms with Gasteiger partial charge in [0.25, 0.3) is 0 Å². The number of methoxy groups -OCH3 is 1. The van der Waals surface area contributed by atoms with Crippen LogP contribution < -0.4 is 19.5 Å². The topological polar surface area (TPSA) is 93.7 Å². The van der Waals surface area contributed by atoms with Gasteiger partial charge in [0.1, 0.15) is 17.5 Å². The SMILES string of the molecule is COc1ccc(S(=O)(=O)NC(CC(C)C)C(=O)Nc2ccccc2Oc2ccccc2)cc1. The van der Waals surface area contributed by atoms with Crippen molar-refractivity contribution in [3.05, 3.63) is 78.9 Å². The highest BCUT2D eigenvalue weighted by Gasteiger charge is 2.27. The number of carbonyl (C=O) groups excluding carboxylic acids is 1. The van der Waals surface area contributed by atoms with Gasteiger partial charge >= 0.3 is 0 Å². The average Bonchev–Trinajstić information content (AvgIpc) is 2.80. The first-order valence-electron chi connectivity index (χ1n) is 10.6. The fraction of sp³-hybridized carbons (Fsp3) is 0.240. The van der Waals surface area contributed by atoms with E-state index in [-0.39, 0.29) is 10.8 Å². The average molecular weight is 469 g/mol. The molecule has 0 aliphatic carbocycles. The second-order valence-electron chi connectivity index (χ2n) is 7.88. The summed E-state index contributed by atoms with van der Waals surface area (Å²) in [6.07, 6.45) is 0.322. The summed E-state index contributed by atoms with van der Waals surface area (Å²) in [5.74, 6) is 1.23. The lowest BCUT2D eigenvalue weighted by molar-refractivity contribution is -0.118. The summed E-state index contributed by atoms with van der Waals surface area (Å²) in [6, 6.07) is 21.2. The first-order valence-corrected chi connectivity index (χ1v) is 12.1. The predicted molar refractivity (Wildman–Crippen MR) is 128 cm³/mol. The molecular weight excluding hydrogens is 440 g/mol. The van der Waals surface area contributed by atoms with Crippen LogP contribution >= 0.6 is 0 Å². The molecule has 1 unspecified atom stereocenters. The Morgan fingerprint density at radius 2 is 1.52 bits per heavy atom. The van der Waals surface area contributed by atoms with Crippen LogP contribution in [0.15, 0.2) is 83.8 Å². The molecule has 0 bridgehead atoms. The van der Waals surface area contributed by atoms with E-state index in [1.165, 1.54) is 19.2 Å². The molecule has 8 heteroatoms. The number of benzene rings is 3. The quantitative estimate of drug-likeness (QED) is 0.445. The van der Waals surface area contributed by atoms with Crippen LogP contribution in [0.3, 0.4) is 0 Å². The van der Waals surface area contributed by atoms with Crippen LogP contribution in [0.5, 0.6) is 17.2 Å². The molecule has 0 spiro atoms. The lowest BCUT2D eigenvalue weighted by Crippen LogP contribution is -2.44. The number of amides is 1. The Balaban J connectivity index is 1.80. The van der Waals surface area contributed by atoms with Crippen LogP contribution in [0, 0.1) is 5.92 Å². The minimum Gasteiger partial charge on any atom is -0.497 e. The maximum atomic E-state index is 13.1. The third kappa shape index (κ3) is 6.81. The summed E-state index contributed by atoms with van der Waals surface area (Å²) >= 11 is 0. The fourth-order valence-electron chi connectivity index (χ4n) is 3.18. The van der Waals surface area contributed by atoms with Crippen molar-refractivity contribution >= 4 is 21.6 Å². The number of ether oxygens (including phenoxy) is 2. The molecule has 33 heavy (non-hydrogen) atoms. The Kier molecular flexibility index (Phi) is 8.08. The van der Waals surface area contributed by atoms with Gasteiger partial charge in [0, 0.05) is 0 Å². The molecule has 174 valence electrons. The van der Waals surface area contributed by atoms with Crippen molar-refractivity contribution in [2.45, 2.75) is 31.2 Å². The molecule has 0 aliphatic heterocycles. The van der Waals surface area contributed by atoms with E-state index >= 15 is 0 Å². The van der Waals surface area contributed by atoms with Gasteiger partial charge in [-0.25, -0.2) is 8.42 Å². The molecule has 0 saturated carbocycles. The van der Waals surface area contributed by atoms with Crippen LogP contribution in [0.2, 0.25) is 0 Å². The van der Waals surface area contributed by atoms with Crippen LogP contribution in [-0.2, 0) is 14.8 Å². The molecule has 0 fully saturated rings. The number of sulfonamides is 1. The van der Waals surface area contributed by atoms with Crippen LogP contribution in [0.25, 0.3) is 0 Å². The van der Waals surface area contributed by atoms with Crippen molar-refractivity contribution in [1.29, 1.82) is 0 Å². The zero-order valence-corrected chi connectivity index (χ0v) is 19.6. The highest BCUT2D eigenvalue weighted by atomic mass is 32.2. The highest BCUT2D eigenvalue weighted by molar-refractivity contribution is 7.89. The fourth-order valence-corrected chi connectivity index (χ4v) is 4.39. The Hall–Kier alpha value is -3.36. The molecule has 0 aliphatic rings. The zero-order chi connectivity index (χ0) is 23.8. The molecule has 0 saturated heterocycles. The maximum absolute atomic E-state index is 13.1. The molecule has 3 aromatic carbocycles. The van der Waals surface area contributed by atoms with Crippen molar-refractivity contribution in [1.82, 2.24) is 4.72 Å². The molecule has 3 aromatic rings. The van der Waals surface area contributed by atoms with E-state index in [9.17, 15) is 13.2 Å². The molecule has 0 heterocycles. The zero-order valence-electron chi connectivity index (χ0n) is 18.8. The highest BCUT2D eigenvalue weighted by Crippen LogP contribution is 2.29. The van der Waals surface area contributed by atoms with Crippen LogP contribution in [0.4, 0.5) is 5.69 Å². The molecular formula is C25H28N2O5S. The van der Waals surface area contributed by atoms with Crippen molar-refractivity contribution < 1.29 is 22.7 Å². The number of anilines is 1. The van der Waals surface area contributed by atoms with E-state index in [2.05, 4.69) is 10.0 Å². The van der Waals surface area contributed by atoms with Crippen molar-refractivity contribution in [3.8, 4) is 17.2 Å². The van der Waals surface area contributed by atoms with Crippen molar-refractivity contribution in [3.63, 3.8) is 0 Å². The van der Waals surface area contributed by atoms with E-state index in [0.29, 0.717) is 29.4 Å². The van der Waals surface area contributed by atoms with E-state index in [1.807, 2.05) is 44.2 Å². The summed E-state index contributed by atoms with van der Waals surface area (Å²) < 4.78 is 39.4. The third-order valence-corrected chi connectivity index (χ3v) is 6.29. The lowest BCUT2D eigenvalue weighted by atomic mass is 10.0. The van der Waals surface area contributed by atoms with Crippen LogP contribution in [-0.4, -0.2) is 27.5 Å². The molecule has 0 radical (unpaired) electrons. The van der Waals surface area contributed by atoms with E-state index in [4.69, 9.17) is 9.47 Å². The minimum absolute atomic E-state index is 0.0534. The molecule has 7 nitrogen and oxygen atoms in total. The Labute approximate surface area is 194 Å². The summed E-state index contributed by atoms with van der Waals surface area (Å²) in [6.45, 7) is 3.85. The van der Waals surface area contributed by atoms with Gasteiger partial charge in [-0.2, -0.15) is 4.72 Å². The molecule has 2 N–H and O–H groups in total. The number of para-hydroxylation sites is 3. The van der Waals surface area contributed by atoms with Gasteiger partial charge in [0.05, 0.1) is 17.7 Å². The molecule has 1 amide bonds. The van der Waals surface area contributed by atoms with Gasteiger partial charge in [-0.1, -0.05) is 44.2 Å². The van der Waals surface area contributed by atoms with Gasteiger partial charge in [0.15, 0.2) is 5.75 Å². The number of carbonyl (C=O) groups is 1. The lowest BCUT2D eigenvalue weighted by Gasteiger charge is -2.21. The number of rotatable bonds is 10. The summed E-state index contributed by atoms with van der Waals surface area (Å²) in [5.41, 5.74) is 0.448. The Bertz CT molecular complexity index is 1160. The maximum Gasteiger partial charge on any atom is 0.242 e. The van der Waals surface area contributed by atoms with Crippen LogP contribution in [0.1, 0.15) is 20.3 Å². The summed E-state index contributed by atoms with van der Waals surface area (Å²) in [4.78, 5) is 13.2. The first kappa shape index (κ1) is 24.3. The van der Waals surface area contributed by atoms with E-state index < -0.39 is 22.0 Å². The van der Waals surface area contributed by atoms with Crippen molar-refractivity contribution in [2.24, 2.45) is 5.92 Å². The van der Waals surface area contributed by atoms with Gasteiger partial charge in [-0.15, -0.1) is 0 Å². The second-order valence-corrected chi connectivity index (χ2v) is 9.59. The number of nitrogens with one attached hydrogen (secondary N) is 2. The standard InChI is InChI=1S/C25H28N2O5S/c1-18(2)17-23(27-33(29,30)21-15-13-19(31-3)14-16-21)25(28)26-22-11-7-8-12-24(22)32-20-9-5-4-6-10-20/h4-16,18,23,27H,17H2,1-3H3,(H,26,28). The molecule has 0 aromatic heterocycles. The largest absolute Gasteiger partial charge is 0.497 e. The predicted octanol–water partition coefficient (Wildman–Crippen LogP) is 4.82. The van der Waals surface area contributed by atoms with Gasteiger partial charge in [-0.05, 0) is 60.9 Å². The van der Waals surface area contributed by atoms with E-state index in [0.717, 1.165) is 0 Å². The summed E-state index contributed by atoms with van der Waals surface area (Å²) in [7, 11) is -2.42. The normalized spacial score (nSPS) is 12.2. The molecule has 1 atom stereocenters. The number of hydrogen-bond donors (Lipinski definition) is 2. The third-order valence-electron chi connectivity index (χ3n) is 4.81. The summed E-state index contributed by atoms with van der Waals surface area (Å²) in [5, 5.41) is 2.82. The van der Waals surface area contributed by atoms with Gasteiger partial charge in [-0.3, -0.25) is 4.79 Å². The van der Waals surface area contributed by atoms with Crippen molar-refractivity contribution in [2.75, 3.05) is 12.4 Å². The smallest absolute Gasteiger partial charge is 0.242 e. The Morgan fingerprint density at radius 3 is 2.15 bits per heavy atom.